The monoisotopic (exact) mass is 517 g/mol. The van der Waals surface area contributed by atoms with Crippen LogP contribution in [0.1, 0.15) is 50.5 Å². The fourth-order valence-corrected chi connectivity index (χ4v) is 7.38. The first-order valence-corrected chi connectivity index (χ1v) is 14.5. The first-order valence-electron chi connectivity index (χ1n) is 13.0. The van der Waals surface area contributed by atoms with E-state index >= 15 is 0 Å². The van der Waals surface area contributed by atoms with Gasteiger partial charge in [0.15, 0.2) is 5.82 Å². The third kappa shape index (κ3) is 6.04. The maximum absolute atomic E-state index is 13.6. The Morgan fingerprint density at radius 2 is 1.89 bits per heavy atom. The summed E-state index contributed by atoms with van der Waals surface area (Å²) in [6.45, 7) is 5.01. The van der Waals surface area contributed by atoms with E-state index in [1.54, 1.807) is 18.3 Å². The van der Waals surface area contributed by atoms with E-state index in [2.05, 4.69) is 26.7 Å². The number of piperidine rings is 1. The van der Waals surface area contributed by atoms with Gasteiger partial charge in [-0.25, -0.2) is 4.39 Å². The summed E-state index contributed by atoms with van der Waals surface area (Å²) in [7, 11) is -3.53. The lowest BCUT2D eigenvalue weighted by atomic mass is 9.79. The first kappa shape index (κ1) is 25.5. The van der Waals surface area contributed by atoms with Crippen molar-refractivity contribution >= 4 is 16.0 Å². The highest BCUT2D eigenvalue weighted by atomic mass is 32.2. The Balaban J connectivity index is 1.20. The number of aromatic nitrogens is 2. The third-order valence-corrected chi connectivity index (χ3v) is 9.40. The Morgan fingerprint density at radius 1 is 1.08 bits per heavy atom. The quantitative estimate of drug-likeness (QED) is 0.578. The van der Waals surface area contributed by atoms with Crippen molar-refractivity contribution in [2.75, 3.05) is 37.7 Å². The molecule has 2 aromatic rings. The van der Waals surface area contributed by atoms with Gasteiger partial charge in [0.25, 0.3) is 10.2 Å². The highest BCUT2D eigenvalue weighted by molar-refractivity contribution is 7.87. The molecule has 3 heterocycles. The molecule has 2 aliphatic heterocycles. The van der Waals surface area contributed by atoms with Gasteiger partial charge in [-0.3, -0.25) is 0 Å². The summed E-state index contributed by atoms with van der Waals surface area (Å²) >= 11 is 0. The second-order valence-corrected chi connectivity index (χ2v) is 12.3. The summed E-state index contributed by atoms with van der Waals surface area (Å²) < 4.78 is 50.4. The molecule has 0 unspecified atom stereocenters. The van der Waals surface area contributed by atoms with Crippen molar-refractivity contribution < 1.29 is 17.5 Å². The predicted octanol–water partition coefficient (Wildman–Crippen LogP) is 3.34. The summed E-state index contributed by atoms with van der Waals surface area (Å²) in [5, 5.41) is 8.23. The molecule has 0 radical (unpaired) electrons. The molecule has 36 heavy (non-hydrogen) atoms. The van der Waals surface area contributed by atoms with Crippen LogP contribution in [-0.2, 0) is 14.9 Å². The molecule has 3 aliphatic rings. The molecule has 1 saturated carbocycles. The van der Waals surface area contributed by atoms with Gasteiger partial charge in [-0.2, -0.15) is 22.5 Å². The van der Waals surface area contributed by atoms with Crippen LogP contribution < -0.4 is 9.62 Å². The summed E-state index contributed by atoms with van der Waals surface area (Å²) in [5.74, 6) is 1.80. The van der Waals surface area contributed by atoms with Gasteiger partial charge in [-0.05, 0) is 79.7 Å². The van der Waals surface area contributed by atoms with E-state index in [0.29, 0.717) is 57.0 Å². The minimum atomic E-state index is -3.53. The molecule has 10 heteroatoms. The summed E-state index contributed by atoms with van der Waals surface area (Å²) in [6.07, 6.45) is 6.06. The standard InChI is InChI=1S/C26H36FN5O3S/c1-19-15-32(16-19)36(33,34)30-24-11-13-31(26-6-3-12-28-29-26)17-25(24)35-18-20-7-9-21(10-8-20)22-4-2-5-23(27)14-22/h2-6,12,14,19-21,24-25,30H,7-11,13,15-18H2,1H3/t20?,21?,24-,25+/m0/s1. The molecule has 0 bridgehead atoms. The van der Waals surface area contributed by atoms with Gasteiger partial charge >= 0.3 is 0 Å². The molecular formula is C26H36FN5O3S. The summed E-state index contributed by atoms with van der Waals surface area (Å²) in [5.41, 5.74) is 1.08. The van der Waals surface area contributed by atoms with Gasteiger partial charge in [-0.15, -0.1) is 5.10 Å². The third-order valence-electron chi connectivity index (χ3n) is 7.83. The van der Waals surface area contributed by atoms with Crippen LogP contribution >= 0.6 is 0 Å². The zero-order chi connectivity index (χ0) is 25.1. The molecular weight excluding hydrogens is 481 g/mol. The first-order chi connectivity index (χ1) is 17.4. The molecule has 196 valence electrons. The van der Waals surface area contributed by atoms with Crippen LogP contribution in [0, 0.1) is 17.7 Å². The van der Waals surface area contributed by atoms with Gasteiger partial charge in [0.05, 0.1) is 12.1 Å². The Bertz CT molecular complexity index is 1110. The van der Waals surface area contributed by atoms with Crippen molar-refractivity contribution in [2.24, 2.45) is 11.8 Å². The van der Waals surface area contributed by atoms with Crippen LogP contribution in [-0.4, -0.2) is 67.9 Å². The number of benzene rings is 1. The van der Waals surface area contributed by atoms with E-state index in [1.807, 2.05) is 18.2 Å². The molecule has 0 spiro atoms. The predicted molar refractivity (Wildman–Crippen MR) is 136 cm³/mol. The lowest BCUT2D eigenvalue weighted by Gasteiger charge is -2.42. The van der Waals surface area contributed by atoms with Crippen LogP contribution in [0.25, 0.3) is 0 Å². The molecule has 1 N–H and O–H groups in total. The zero-order valence-corrected chi connectivity index (χ0v) is 21.6. The van der Waals surface area contributed by atoms with Gasteiger partial charge < -0.3 is 9.64 Å². The number of hydrogen-bond acceptors (Lipinski definition) is 6. The minimum absolute atomic E-state index is 0.177. The van der Waals surface area contributed by atoms with E-state index in [0.717, 1.165) is 37.1 Å². The van der Waals surface area contributed by atoms with Crippen molar-refractivity contribution in [3.8, 4) is 0 Å². The second-order valence-electron chi connectivity index (χ2n) is 10.6. The van der Waals surface area contributed by atoms with Crippen molar-refractivity contribution in [3.05, 3.63) is 54.0 Å². The number of anilines is 1. The molecule has 1 aromatic carbocycles. The fourth-order valence-electron chi connectivity index (χ4n) is 5.68. The SMILES string of the molecule is CC1CN(S(=O)(=O)N[C@H]2CCN(c3cccnn3)C[C@H]2OCC2CCC(c3cccc(F)c3)CC2)C1. The number of rotatable bonds is 8. The lowest BCUT2D eigenvalue weighted by molar-refractivity contribution is -0.00187. The number of nitrogens with zero attached hydrogens (tertiary/aromatic N) is 4. The Hall–Kier alpha value is -2.14. The average molecular weight is 518 g/mol. The van der Waals surface area contributed by atoms with Gasteiger partial charge in [-0.1, -0.05) is 19.1 Å². The van der Waals surface area contributed by atoms with Crippen molar-refractivity contribution in [3.63, 3.8) is 0 Å². The topological polar surface area (TPSA) is 87.7 Å². The molecule has 8 nitrogen and oxygen atoms in total. The lowest BCUT2D eigenvalue weighted by Crippen LogP contribution is -2.60. The second kappa shape index (κ2) is 11.1. The van der Waals surface area contributed by atoms with E-state index in [9.17, 15) is 12.8 Å². The number of nitrogens with one attached hydrogen (secondary N) is 1. The maximum atomic E-state index is 13.6. The summed E-state index contributed by atoms with van der Waals surface area (Å²) in [6, 6.07) is 10.4. The van der Waals surface area contributed by atoms with E-state index in [-0.39, 0.29) is 18.0 Å². The highest BCUT2D eigenvalue weighted by Gasteiger charge is 2.39. The van der Waals surface area contributed by atoms with E-state index < -0.39 is 10.2 Å². The van der Waals surface area contributed by atoms with E-state index in [1.165, 1.54) is 10.4 Å². The Kier molecular flexibility index (Phi) is 7.85. The zero-order valence-electron chi connectivity index (χ0n) is 20.8. The number of ether oxygens (including phenoxy) is 1. The average Bonchev–Trinajstić information content (AvgIpc) is 2.87. The van der Waals surface area contributed by atoms with Crippen molar-refractivity contribution in [1.29, 1.82) is 0 Å². The summed E-state index contributed by atoms with van der Waals surface area (Å²) in [4.78, 5) is 2.12. The maximum Gasteiger partial charge on any atom is 0.279 e. The van der Waals surface area contributed by atoms with Gasteiger partial charge in [0, 0.05) is 39.0 Å². The van der Waals surface area contributed by atoms with Crippen LogP contribution in [0.4, 0.5) is 10.2 Å². The smallest absolute Gasteiger partial charge is 0.279 e. The molecule has 3 fully saturated rings. The molecule has 0 amide bonds. The van der Waals surface area contributed by atoms with Crippen LogP contribution in [0.5, 0.6) is 0 Å². The largest absolute Gasteiger partial charge is 0.374 e. The van der Waals surface area contributed by atoms with Crippen LogP contribution in [0.2, 0.25) is 0 Å². The highest BCUT2D eigenvalue weighted by Crippen LogP contribution is 2.36. The minimum Gasteiger partial charge on any atom is -0.374 e. The van der Waals surface area contributed by atoms with E-state index in [4.69, 9.17) is 4.74 Å². The van der Waals surface area contributed by atoms with Gasteiger partial charge in [0.2, 0.25) is 0 Å². The molecule has 1 aromatic heterocycles. The number of hydrogen-bond donors (Lipinski definition) is 1. The fraction of sp³-hybridized carbons (Fsp3) is 0.615. The molecule has 5 rings (SSSR count). The molecule has 2 saturated heterocycles. The Morgan fingerprint density at radius 3 is 2.58 bits per heavy atom. The molecule has 2 atom stereocenters. The van der Waals surface area contributed by atoms with Crippen molar-refractivity contribution in [2.45, 2.75) is 57.1 Å². The van der Waals surface area contributed by atoms with Crippen molar-refractivity contribution in [1.82, 2.24) is 19.2 Å². The normalized spacial score (nSPS) is 28.1. The van der Waals surface area contributed by atoms with Crippen LogP contribution in [0.3, 0.4) is 0 Å². The van der Waals surface area contributed by atoms with Crippen LogP contribution in [0.15, 0.2) is 42.6 Å². The Labute approximate surface area is 213 Å². The molecule has 1 aliphatic carbocycles. The van der Waals surface area contributed by atoms with Gasteiger partial charge in [0.1, 0.15) is 5.82 Å². The number of halogens is 1.